The molecule has 6 nitrogen and oxygen atoms in total. The second kappa shape index (κ2) is 7.88. The summed E-state index contributed by atoms with van der Waals surface area (Å²) < 4.78 is 1.99. The summed E-state index contributed by atoms with van der Waals surface area (Å²) in [4.78, 5) is 32.0. The first kappa shape index (κ1) is 18.4. The monoisotopic (exact) mass is 390 g/mol. The van der Waals surface area contributed by atoms with E-state index in [-0.39, 0.29) is 18.0 Å². The lowest BCUT2D eigenvalue weighted by Gasteiger charge is -2.23. The van der Waals surface area contributed by atoms with E-state index in [1.54, 1.807) is 24.3 Å². The van der Waals surface area contributed by atoms with Crippen LogP contribution in [0, 0.1) is 0 Å². The van der Waals surface area contributed by atoms with Crippen molar-refractivity contribution in [2.75, 3.05) is 23.3 Å². The molecular weight excluding hydrogens is 372 g/mol. The van der Waals surface area contributed by atoms with Crippen LogP contribution in [-0.2, 0) is 11.3 Å². The molecule has 136 valence electrons. The van der Waals surface area contributed by atoms with E-state index in [0.717, 1.165) is 0 Å². The third-order valence-electron chi connectivity index (χ3n) is 4.00. The van der Waals surface area contributed by atoms with Gasteiger partial charge in [-0.05, 0) is 43.5 Å². The third-order valence-corrected chi connectivity index (χ3v) is 5.13. The minimum absolute atomic E-state index is 0.113. The van der Waals surface area contributed by atoms with E-state index in [1.165, 1.54) is 15.9 Å². The Kier molecular flexibility index (Phi) is 5.58. The topological polar surface area (TPSA) is 67.2 Å². The number of nitrogens with zero attached hydrogens (tertiary/aromatic N) is 3. The number of hydrogen-bond acceptors (Lipinski definition) is 5. The highest BCUT2D eigenvalue weighted by Crippen LogP contribution is 2.20. The summed E-state index contributed by atoms with van der Waals surface area (Å²) in [5.41, 5.74) is 1.05. The summed E-state index contributed by atoms with van der Waals surface area (Å²) >= 11 is 7.28. The maximum Gasteiger partial charge on any atom is 0.273 e. The summed E-state index contributed by atoms with van der Waals surface area (Å²) in [6.45, 7) is 5.24. The smallest absolute Gasteiger partial charge is 0.273 e. The van der Waals surface area contributed by atoms with Crippen LogP contribution in [0.2, 0.25) is 5.02 Å². The number of hydrogen-bond donors (Lipinski definition) is 1. The lowest BCUT2D eigenvalue weighted by atomic mass is 10.3. The van der Waals surface area contributed by atoms with E-state index in [0.29, 0.717) is 40.0 Å². The third kappa shape index (κ3) is 3.73. The van der Waals surface area contributed by atoms with Crippen LogP contribution in [0.3, 0.4) is 0 Å². The van der Waals surface area contributed by atoms with Crippen LogP contribution in [0.1, 0.15) is 13.8 Å². The predicted molar refractivity (Wildman–Crippen MR) is 108 cm³/mol. The molecule has 3 aromatic rings. The Labute approximate surface area is 160 Å². The molecule has 1 amide bonds. The fourth-order valence-electron chi connectivity index (χ4n) is 2.73. The molecule has 0 aliphatic carbocycles. The van der Waals surface area contributed by atoms with Crippen LogP contribution >= 0.6 is 22.9 Å². The zero-order valence-electron chi connectivity index (χ0n) is 14.5. The molecule has 1 aromatic carbocycles. The first-order chi connectivity index (χ1) is 12.5. The number of rotatable bonds is 6. The molecule has 26 heavy (non-hydrogen) atoms. The van der Waals surface area contributed by atoms with Gasteiger partial charge in [-0.1, -0.05) is 17.7 Å². The van der Waals surface area contributed by atoms with Crippen LogP contribution in [0.25, 0.3) is 10.2 Å². The second-order valence-electron chi connectivity index (χ2n) is 5.67. The molecule has 2 aromatic heterocycles. The number of fused-ring (bicyclic) bond motifs is 1. The normalized spacial score (nSPS) is 10.9. The Balaban J connectivity index is 1.97. The molecule has 8 heteroatoms. The van der Waals surface area contributed by atoms with Crippen molar-refractivity contribution in [2.45, 2.75) is 20.4 Å². The van der Waals surface area contributed by atoms with Gasteiger partial charge in [-0.3, -0.25) is 14.2 Å². The van der Waals surface area contributed by atoms with Gasteiger partial charge in [0.15, 0.2) is 0 Å². The summed E-state index contributed by atoms with van der Waals surface area (Å²) in [6.07, 6.45) is 0. The molecule has 0 fully saturated rings. The molecule has 0 radical (unpaired) electrons. The Morgan fingerprint density at radius 2 is 2.08 bits per heavy atom. The highest BCUT2D eigenvalue weighted by atomic mass is 35.5. The van der Waals surface area contributed by atoms with Gasteiger partial charge < -0.3 is 10.2 Å². The van der Waals surface area contributed by atoms with Gasteiger partial charge in [0.05, 0.1) is 5.52 Å². The van der Waals surface area contributed by atoms with Crippen molar-refractivity contribution in [3.63, 3.8) is 0 Å². The summed E-state index contributed by atoms with van der Waals surface area (Å²) in [5.74, 6) is 0.202. The van der Waals surface area contributed by atoms with Crippen LogP contribution in [-0.4, -0.2) is 28.5 Å². The average molecular weight is 391 g/mol. The number of amides is 1. The highest BCUT2D eigenvalue weighted by Gasteiger charge is 2.18. The first-order valence-electron chi connectivity index (χ1n) is 8.31. The molecule has 0 saturated carbocycles. The Hall–Kier alpha value is -2.38. The van der Waals surface area contributed by atoms with Crippen molar-refractivity contribution >= 4 is 50.7 Å². The number of anilines is 2. The molecule has 0 saturated heterocycles. The number of benzene rings is 1. The van der Waals surface area contributed by atoms with Gasteiger partial charge in [0.2, 0.25) is 11.9 Å². The number of carbonyl (C=O) groups excluding carboxylic acids is 1. The summed E-state index contributed by atoms with van der Waals surface area (Å²) in [6, 6.07) is 8.72. The van der Waals surface area contributed by atoms with Crippen LogP contribution in [0.4, 0.5) is 11.6 Å². The van der Waals surface area contributed by atoms with Gasteiger partial charge >= 0.3 is 0 Å². The molecule has 1 N–H and O–H groups in total. The molecular formula is C18H19ClN4O2S. The van der Waals surface area contributed by atoms with Crippen molar-refractivity contribution in [1.29, 1.82) is 0 Å². The van der Waals surface area contributed by atoms with Crippen LogP contribution in [0.5, 0.6) is 0 Å². The maximum atomic E-state index is 12.9. The van der Waals surface area contributed by atoms with Gasteiger partial charge in [-0.25, -0.2) is 4.98 Å². The van der Waals surface area contributed by atoms with Gasteiger partial charge in [0.25, 0.3) is 5.56 Å². The SMILES string of the molecule is CCN(CC)c1nc2ccsc2c(=O)n1CC(=O)Nc1cccc(Cl)c1. The number of thiophene rings is 1. The molecule has 0 bridgehead atoms. The average Bonchev–Trinajstić information content (AvgIpc) is 3.08. The molecule has 0 spiro atoms. The number of nitrogens with one attached hydrogen (secondary N) is 1. The molecule has 3 rings (SSSR count). The van der Waals surface area contributed by atoms with Gasteiger partial charge in [0, 0.05) is 23.8 Å². The minimum Gasteiger partial charge on any atom is -0.343 e. The van der Waals surface area contributed by atoms with Crippen LogP contribution in [0.15, 0.2) is 40.5 Å². The summed E-state index contributed by atoms with van der Waals surface area (Å²) in [7, 11) is 0. The predicted octanol–water partition coefficient (Wildman–Crippen LogP) is 3.60. The van der Waals surface area contributed by atoms with Crippen molar-refractivity contribution in [2.24, 2.45) is 0 Å². The Morgan fingerprint density at radius 3 is 2.77 bits per heavy atom. The van der Waals surface area contributed by atoms with Crippen LogP contribution < -0.4 is 15.8 Å². The lowest BCUT2D eigenvalue weighted by Crippen LogP contribution is -2.35. The van der Waals surface area contributed by atoms with Gasteiger partial charge in [-0.15, -0.1) is 11.3 Å². The minimum atomic E-state index is -0.305. The van der Waals surface area contributed by atoms with Gasteiger partial charge in [0.1, 0.15) is 11.2 Å². The van der Waals surface area contributed by atoms with E-state index < -0.39 is 0 Å². The zero-order chi connectivity index (χ0) is 18.7. The largest absolute Gasteiger partial charge is 0.343 e. The lowest BCUT2D eigenvalue weighted by molar-refractivity contribution is -0.116. The maximum absolute atomic E-state index is 12.9. The summed E-state index contributed by atoms with van der Waals surface area (Å²) in [5, 5.41) is 5.14. The molecule has 0 aliphatic heterocycles. The van der Waals surface area contributed by atoms with Crippen molar-refractivity contribution in [3.05, 3.63) is 51.1 Å². The first-order valence-corrected chi connectivity index (χ1v) is 9.57. The Bertz CT molecular complexity index is 994. The number of halogens is 1. The molecule has 0 unspecified atom stereocenters. The Morgan fingerprint density at radius 1 is 1.31 bits per heavy atom. The van der Waals surface area contributed by atoms with Gasteiger partial charge in [-0.2, -0.15) is 0 Å². The van der Waals surface area contributed by atoms with E-state index >= 15 is 0 Å². The fourth-order valence-corrected chi connectivity index (χ4v) is 3.70. The van der Waals surface area contributed by atoms with E-state index in [1.807, 2.05) is 30.2 Å². The second-order valence-corrected chi connectivity index (χ2v) is 7.02. The molecule has 0 aliphatic rings. The number of carbonyl (C=O) groups is 1. The van der Waals surface area contributed by atoms with Crippen molar-refractivity contribution < 1.29 is 4.79 Å². The van der Waals surface area contributed by atoms with E-state index in [4.69, 9.17) is 11.6 Å². The highest BCUT2D eigenvalue weighted by molar-refractivity contribution is 7.17. The fraction of sp³-hybridized carbons (Fsp3) is 0.278. The van der Waals surface area contributed by atoms with Crippen molar-refractivity contribution in [1.82, 2.24) is 9.55 Å². The van der Waals surface area contributed by atoms with E-state index in [9.17, 15) is 9.59 Å². The number of aromatic nitrogens is 2. The standard InChI is InChI=1S/C18H19ClN4O2S/c1-3-22(4-2)18-21-14-8-9-26-16(14)17(25)23(18)11-15(24)20-13-7-5-6-12(19)10-13/h5-10H,3-4,11H2,1-2H3,(H,20,24). The quantitative estimate of drug-likeness (QED) is 0.698. The zero-order valence-corrected chi connectivity index (χ0v) is 16.1. The van der Waals surface area contributed by atoms with E-state index in [2.05, 4.69) is 10.3 Å². The van der Waals surface area contributed by atoms with Crippen molar-refractivity contribution in [3.8, 4) is 0 Å². The molecule has 0 atom stereocenters. The molecule has 2 heterocycles.